The fourth-order valence-electron chi connectivity index (χ4n) is 2.29. The van der Waals surface area contributed by atoms with Crippen molar-refractivity contribution in [2.75, 3.05) is 6.61 Å². The summed E-state index contributed by atoms with van der Waals surface area (Å²) in [6.45, 7) is -0.291. The summed E-state index contributed by atoms with van der Waals surface area (Å²) in [4.78, 5) is 12.3. The maximum atomic E-state index is 12.3. The van der Waals surface area contributed by atoms with E-state index in [2.05, 4.69) is 0 Å². The van der Waals surface area contributed by atoms with Crippen LogP contribution in [0.1, 0.15) is 0 Å². The molecule has 3 rings (SSSR count). The number of rotatable bonds is 2. The van der Waals surface area contributed by atoms with Crippen LogP contribution in [0.5, 0.6) is 17.2 Å². The van der Waals surface area contributed by atoms with E-state index in [1.807, 2.05) is 0 Å². The van der Waals surface area contributed by atoms with Gasteiger partial charge in [-0.1, -0.05) is 0 Å². The Bertz CT molecular complexity index is 784. The van der Waals surface area contributed by atoms with Crippen LogP contribution in [0.2, 0.25) is 0 Å². The second-order valence-electron chi connectivity index (χ2n) is 5.14. The molecule has 124 valence electrons. The number of fused-ring (bicyclic) bond motifs is 1. The molecule has 1 aromatic carbocycles. The van der Waals surface area contributed by atoms with E-state index in [0.717, 1.165) is 18.4 Å². The first-order valence-electron chi connectivity index (χ1n) is 6.68. The Labute approximate surface area is 128 Å². The van der Waals surface area contributed by atoms with Gasteiger partial charge in [-0.15, -0.1) is 0 Å². The highest BCUT2D eigenvalue weighted by molar-refractivity contribution is 5.85. The lowest BCUT2D eigenvalue weighted by molar-refractivity contribution is -0.242. The van der Waals surface area contributed by atoms with Gasteiger partial charge in [0.25, 0.3) is 0 Å². The highest BCUT2D eigenvalue weighted by atomic mass is 16.7. The van der Waals surface area contributed by atoms with Crippen LogP contribution in [0.3, 0.4) is 0 Å². The third kappa shape index (κ3) is 2.70. The predicted molar refractivity (Wildman–Crippen MR) is 74.2 cm³/mol. The van der Waals surface area contributed by atoms with Crippen molar-refractivity contribution in [3.63, 3.8) is 0 Å². The molecule has 9 heteroatoms. The van der Waals surface area contributed by atoms with E-state index in [-0.39, 0.29) is 29.1 Å². The molecular formula is C14H14O9. The highest BCUT2D eigenvalue weighted by Gasteiger charge is 2.39. The summed E-state index contributed by atoms with van der Waals surface area (Å²) in [6.07, 6.45) is -4.82. The molecule has 1 aromatic heterocycles. The van der Waals surface area contributed by atoms with E-state index < -0.39 is 35.8 Å². The molecule has 1 aliphatic rings. The number of hydrogen-bond donors (Lipinski definition) is 5. The van der Waals surface area contributed by atoms with Crippen LogP contribution in [-0.4, -0.2) is 56.7 Å². The number of benzene rings is 1. The third-order valence-electron chi connectivity index (χ3n) is 3.51. The Balaban J connectivity index is 1.95. The number of aromatic hydroxyl groups is 2. The number of ether oxygens (including phenoxy) is 2. The van der Waals surface area contributed by atoms with E-state index in [4.69, 9.17) is 13.9 Å². The zero-order chi connectivity index (χ0) is 16.7. The lowest BCUT2D eigenvalue weighted by Gasteiger charge is -2.34. The van der Waals surface area contributed by atoms with Crippen molar-refractivity contribution in [3.05, 3.63) is 28.6 Å². The predicted octanol–water partition coefficient (Wildman–Crippen LogP) is -0.978. The monoisotopic (exact) mass is 326 g/mol. The molecule has 1 aliphatic heterocycles. The fraction of sp³-hybridized carbons (Fsp3) is 0.357. The van der Waals surface area contributed by atoms with E-state index in [9.17, 15) is 30.3 Å². The minimum atomic E-state index is -1.58. The van der Waals surface area contributed by atoms with Crippen LogP contribution in [0.15, 0.2) is 27.6 Å². The van der Waals surface area contributed by atoms with E-state index in [1.165, 1.54) is 0 Å². The van der Waals surface area contributed by atoms with Gasteiger partial charge in [0.05, 0.1) is 6.61 Å². The molecule has 0 saturated carbocycles. The molecule has 0 spiro atoms. The minimum Gasteiger partial charge on any atom is -0.508 e. The SMILES string of the molecule is O=c1c(OC2OCC(O)C(O)C2O)coc2cc(O)cc(O)c12. The lowest BCUT2D eigenvalue weighted by atomic mass is 10.1. The number of aliphatic hydroxyl groups excluding tert-OH is 3. The Kier molecular flexibility index (Phi) is 3.86. The molecule has 4 unspecified atom stereocenters. The average Bonchev–Trinajstić information content (AvgIpc) is 2.49. The Morgan fingerprint density at radius 2 is 1.87 bits per heavy atom. The Hall–Kier alpha value is -2.33. The van der Waals surface area contributed by atoms with Crippen molar-refractivity contribution in [3.8, 4) is 17.2 Å². The summed E-state index contributed by atoms with van der Waals surface area (Å²) in [5.41, 5.74) is -0.805. The van der Waals surface area contributed by atoms with Crippen molar-refractivity contribution >= 4 is 11.0 Å². The number of phenolic OH excluding ortho intramolecular Hbond substituents is 2. The highest BCUT2D eigenvalue weighted by Crippen LogP contribution is 2.29. The molecule has 5 N–H and O–H groups in total. The van der Waals surface area contributed by atoms with E-state index >= 15 is 0 Å². The van der Waals surface area contributed by atoms with Crippen LogP contribution in [0.25, 0.3) is 11.0 Å². The second-order valence-corrected chi connectivity index (χ2v) is 5.14. The summed E-state index contributed by atoms with van der Waals surface area (Å²) < 4.78 is 15.3. The van der Waals surface area contributed by atoms with Gasteiger partial charge in [-0.05, 0) is 0 Å². The van der Waals surface area contributed by atoms with Crippen molar-refractivity contribution < 1.29 is 39.4 Å². The van der Waals surface area contributed by atoms with E-state index in [1.54, 1.807) is 0 Å². The number of hydrogen-bond acceptors (Lipinski definition) is 9. The summed E-state index contributed by atoms with van der Waals surface area (Å²) >= 11 is 0. The maximum Gasteiger partial charge on any atom is 0.238 e. The average molecular weight is 326 g/mol. The maximum absolute atomic E-state index is 12.3. The van der Waals surface area contributed by atoms with Gasteiger partial charge >= 0.3 is 0 Å². The summed E-state index contributed by atoms with van der Waals surface area (Å²) in [6, 6.07) is 2.11. The van der Waals surface area contributed by atoms with Crippen molar-refractivity contribution in [2.45, 2.75) is 24.6 Å². The zero-order valence-corrected chi connectivity index (χ0v) is 11.6. The van der Waals surface area contributed by atoms with Crippen LogP contribution < -0.4 is 10.2 Å². The summed E-state index contributed by atoms with van der Waals surface area (Å²) in [5, 5.41) is 47.6. The molecular weight excluding hydrogens is 312 g/mol. The van der Waals surface area contributed by atoms with Crippen LogP contribution in [0, 0.1) is 0 Å². The summed E-state index contributed by atoms with van der Waals surface area (Å²) in [7, 11) is 0. The molecule has 2 heterocycles. The van der Waals surface area contributed by atoms with Crippen molar-refractivity contribution in [1.82, 2.24) is 0 Å². The quantitative estimate of drug-likeness (QED) is 0.469. The van der Waals surface area contributed by atoms with Gasteiger partial charge in [0.15, 0.2) is 0 Å². The van der Waals surface area contributed by atoms with Gasteiger partial charge in [-0.3, -0.25) is 4.79 Å². The van der Waals surface area contributed by atoms with Crippen molar-refractivity contribution in [1.29, 1.82) is 0 Å². The number of aliphatic hydroxyl groups is 3. The van der Waals surface area contributed by atoms with Crippen LogP contribution in [0.4, 0.5) is 0 Å². The molecule has 4 atom stereocenters. The smallest absolute Gasteiger partial charge is 0.238 e. The standard InChI is InChI=1S/C14H14O9/c15-5-1-6(16)10-8(2-5)21-4-9(12(10)19)23-14-13(20)11(18)7(17)3-22-14/h1-2,4,7,11,13-18,20H,3H2. The zero-order valence-electron chi connectivity index (χ0n) is 11.6. The topological polar surface area (TPSA) is 150 Å². The van der Waals surface area contributed by atoms with Crippen LogP contribution >= 0.6 is 0 Å². The molecule has 1 saturated heterocycles. The summed E-state index contributed by atoms with van der Waals surface area (Å²) in [5.74, 6) is -1.15. The molecule has 2 aromatic rings. The first-order valence-corrected chi connectivity index (χ1v) is 6.68. The molecule has 0 amide bonds. The molecule has 0 aliphatic carbocycles. The van der Waals surface area contributed by atoms with E-state index in [0.29, 0.717) is 0 Å². The second kappa shape index (κ2) is 5.70. The molecule has 1 fully saturated rings. The van der Waals surface area contributed by atoms with Gasteiger partial charge in [0.1, 0.15) is 47.0 Å². The Morgan fingerprint density at radius 1 is 1.13 bits per heavy atom. The van der Waals surface area contributed by atoms with Gasteiger partial charge in [0.2, 0.25) is 17.5 Å². The normalized spacial score (nSPS) is 28.0. The molecule has 23 heavy (non-hydrogen) atoms. The molecule has 0 radical (unpaired) electrons. The molecule has 9 nitrogen and oxygen atoms in total. The third-order valence-corrected chi connectivity index (χ3v) is 3.51. The van der Waals surface area contributed by atoms with Gasteiger partial charge < -0.3 is 39.4 Å². The fourth-order valence-corrected chi connectivity index (χ4v) is 2.29. The van der Waals surface area contributed by atoms with Crippen LogP contribution in [-0.2, 0) is 4.74 Å². The largest absolute Gasteiger partial charge is 0.508 e. The minimum absolute atomic E-state index is 0.0552. The molecule has 0 bridgehead atoms. The first-order chi connectivity index (χ1) is 10.9. The lowest BCUT2D eigenvalue weighted by Crippen LogP contribution is -2.55. The first kappa shape index (κ1) is 15.6. The van der Waals surface area contributed by atoms with Gasteiger partial charge in [-0.2, -0.15) is 0 Å². The van der Waals surface area contributed by atoms with Gasteiger partial charge in [0, 0.05) is 12.1 Å². The van der Waals surface area contributed by atoms with Crippen molar-refractivity contribution in [2.24, 2.45) is 0 Å². The van der Waals surface area contributed by atoms with Gasteiger partial charge in [-0.25, -0.2) is 0 Å². The Morgan fingerprint density at radius 3 is 2.61 bits per heavy atom. The number of phenols is 2.